The van der Waals surface area contributed by atoms with Crippen LogP contribution in [-0.2, 0) is 0 Å². The Morgan fingerprint density at radius 3 is 2.24 bits per heavy atom. The van der Waals surface area contributed by atoms with Crippen LogP contribution in [0.3, 0.4) is 0 Å². The fourth-order valence-electron chi connectivity index (χ4n) is 3.22. The first kappa shape index (κ1) is 18.6. The number of rotatable bonds is 4. The molecule has 144 valence electrons. The largest absolute Gasteiger partial charge is 0.319 e. The molecular weight excluding hydrogens is 360 g/mol. The van der Waals surface area contributed by atoms with E-state index in [1.54, 1.807) is 4.68 Å². The van der Waals surface area contributed by atoms with Crippen molar-refractivity contribution in [1.29, 1.82) is 0 Å². The number of amides is 1. The van der Waals surface area contributed by atoms with Crippen molar-refractivity contribution in [2.75, 3.05) is 5.32 Å². The van der Waals surface area contributed by atoms with Crippen molar-refractivity contribution >= 4 is 11.6 Å². The first-order chi connectivity index (χ1) is 14.0. The van der Waals surface area contributed by atoms with Crippen LogP contribution in [0.2, 0.25) is 0 Å². The number of carbonyl (C=O) groups is 1. The second-order valence-electron chi connectivity index (χ2n) is 7.15. The summed E-state index contributed by atoms with van der Waals surface area (Å²) >= 11 is 0. The zero-order chi connectivity index (χ0) is 20.4. The summed E-state index contributed by atoms with van der Waals surface area (Å²) < 4.78 is 1.74. The molecule has 1 N–H and O–H groups in total. The Hall–Kier alpha value is -3.73. The summed E-state index contributed by atoms with van der Waals surface area (Å²) in [7, 11) is 0. The summed E-state index contributed by atoms with van der Waals surface area (Å²) in [6.45, 7) is 6.09. The lowest BCUT2D eigenvalue weighted by Crippen LogP contribution is -2.14. The Morgan fingerprint density at radius 2 is 1.55 bits per heavy atom. The Labute approximate surface area is 170 Å². The van der Waals surface area contributed by atoms with Crippen molar-refractivity contribution in [2.45, 2.75) is 20.8 Å². The van der Waals surface area contributed by atoms with Crippen LogP contribution in [0.15, 0.2) is 72.8 Å². The molecular formula is C24H22N4O. The maximum absolute atomic E-state index is 12.8. The van der Waals surface area contributed by atoms with Gasteiger partial charge in [0.25, 0.3) is 5.91 Å². The van der Waals surface area contributed by atoms with Crippen LogP contribution in [0, 0.1) is 20.8 Å². The molecule has 4 aromatic rings. The summed E-state index contributed by atoms with van der Waals surface area (Å²) in [5.41, 5.74) is 5.88. The third-order valence-electron chi connectivity index (χ3n) is 4.73. The zero-order valence-corrected chi connectivity index (χ0v) is 16.7. The average molecular weight is 382 g/mol. The SMILES string of the molecule is Cc1ccc(NC(=O)c2nc(-c3ccccc3)n(-c3ccc(C)cc3C)n2)cc1. The molecule has 1 heterocycles. The number of benzene rings is 3. The van der Waals surface area contributed by atoms with Gasteiger partial charge in [0.15, 0.2) is 5.82 Å². The van der Waals surface area contributed by atoms with E-state index in [2.05, 4.69) is 28.4 Å². The van der Waals surface area contributed by atoms with E-state index in [0.29, 0.717) is 11.5 Å². The summed E-state index contributed by atoms with van der Waals surface area (Å²) in [4.78, 5) is 17.4. The average Bonchev–Trinajstić information content (AvgIpc) is 3.16. The number of anilines is 1. The van der Waals surface area contributed by atoms with Gasteiger partial charge in [-0.25, -0.2) is 9.67 Å². The van der Waals surface area contributed by atoms with Gasteiger partial charge in [-0.2, -0.15) is 0 Å². The van der Waals surface area contributed by atoms with Gasteiger partial charge in [-0.15, -0.1) is 5.10 Å². The van der Waals surface area contributed by atoms with Crippen molar-refractivity contribution in [3.8, 4) is 17.1 Å². The minimum atomic E-state index is -0.338. The maximum atomic E-state index is 12.8. The third-order valence-corrected chi connectivity index (χ3v) is 4.73. The first-order valence-electron chi connectivity index (χ1n) is 9.49. The van der Waals surface area contributed by atoms with Crippen LogP contribution in [0.1, 0.15) is 27.3 Å². The Kier molecular flexibility index (Phi) is 4.96. The van der Waals surface area contributed by atoms with Crippen molar-refractivity contribution in [3.63, 3.8) is 0 Å². The maximum Gasteiger partial charge on any atom is 0.295 e. The topological polar surface area (TPSA) is 59.8 Å². The Balaban J connectivity index is 1.77. The van der Waals surface area contributed by atoms with E-state index in [1.165, 1.54) is 5.56 Å². The Bertz CT molecular complexity index is 1160. The molecule has 0 radical (unpaired) electrons. The normalized spacial score (nSPS) is 10.7. The van der Waals surface area contributed by atoms with E-state index in [9.17, 15) is 4.79 Å². The number of hydrogen-bond acceptors (Lipinski definition) is 3. The molecule has 29 heavy (non-hydrogen) atoms. The summed E-state index contributed by atoms with van der Waals surface area (Å²) in [6.07, 6.45) is 0. The van der Waals surface area contributed by atoms with Gasteiger partial charge in [0.2, 0.25) is 5.82 Å². The lowest BCUT2D eigenvalue weighted by atomic mass is 10.1. The fourth-order valence-corrected chi connectivity index (χ4v) is 3.22. The molecule has 1 aromatic heterocycles. The van der Waals surface area contributed by atoms with Gasteiger partial charge in [0.1, 0.15) is 0 Å². The minimum absolute atomic E-state index is 0.129. The molecule has 5 nitrogen and oxygen atoms in total. The third kappa shape index (κ3) is 3.94. The van der Waals surface area contributed by atoms with Gasteiger partial charge < -0.3 is 5.32 Å². The van der Waals surface area contributed by atoms with Gasteiger partial charge in [-0.05, 0) is 44.5 Å². The molecule has 0 saturated carbocycles. The van der Waals surface area contributed by atoms with Crippen LogP contribution in [0.25, 0.3) is 17.1 Å². The fraction of sp³-hybridized carbons (Fsp3) is 0.125. The summed E-state index contributed by atoms with van der Waals surface area (Å²) in [6, 6.07) is 23.5. The lowest BCUT2D eigenvalue weighted by molar-refractivity contribution is 0.101. The number of aryl methyl sites for hydroxylation is 3. The highest BCUT2D eigenvalue weighted by Gasteiger charge is 2.19. The molecule has 4 rings (SSSR count). The highest BCUT2D eigenvalue weighted by atomic mass is 16.2. The van der Waals surface area contributed by atoms with Gasteiger partial charge in [0.05, 0.1) is 5.69 Å². The van der Waals surface area contributed by atoms with Crippen molar-refractivity contribution in [2.24, 2.45) is 0 Å². The molecule has 0 atom stereocenters. The van der Waals surface area contributed by atoms with E-state index < -0.39 is 0 Å². The molecule has 0 aliphatic carbocycles. The van der Waals surface area contributed by atoms with Gasteiger partial charge in [-0.3, -0.25) is 4.79 Å². The van der Waals surface area contributed by atoms with Crippen molar-refractivity contribution < 1.29 is 4.79 Å². The number of nitrogens with zero attached hydrogens (tertiary/aromatic N) is 3. The monoisotopic (exact) mass is 382 g/mol. The second-order valence-corrected chi connectivity index (χ2v) is 7.15. The van der Waals surface area contributed by atoms with Gasteiger partial charge in [-0.1, -0.05) is 65.7 Å². The van der Waals surface area contributed by atoms with Crippen LogP contribution in [0.5, 0.6) is 0 Å². The van der Waals surface area contributed by atoms with E-state index in [1.807, 2.05) is 80.6 Å². The molecule has 0 aliphatic rings. The van der Waals surface area contributed by atoms with E-state index >= 15 is 0 Å². The molecule has 0 spiro atoms. The van der Waals surface area contributed by atoms with Crippen LogP contribution in [0.4, 0.5) is 5.69 Å². The second kappa shape index (κ2) is 7.72. The quantitative estimate of drug-likeness (QED) is 0.533. The highest BCUT2D eigenvalue weighted by Crippen LogP contribution is 2.24. The van der Waals surface area contributed by atoms with Gasteiger partial charge in [0, 0.05) is 11.3 Å². The molecule has 0 aliphatic heterocycles. The summed E-state index contributed by atoms with van der Waals surface area (Å²) in [5, 5.41) is 7.43. The molecule has 0 unspecified atom stereocenters. The molecule has 1 amide bonds. The minimum Gasteiger partial charge on any atom is -0.319 e. The van der Waals surface area contributed by atoms with E-state index in [0.717, 1.165) is 22.4 Å². The number of aromatic nitrogens is 3. The number of hydrogen-bond donors (Lipinski definition) is 1. The van der Waals surface area contributed by atoms with Crippen molar-refractivity contribution in [3.05, 3.63) is 95.3 Å². The molecule has 0 bridgehead atoms. The first-order valence-corrected chi connectivity index (χ1v) is 9.49. The van der Waals surface area contributed by atoms with Gasteiger partial charge >= 0.3 is 0 Å². The van der Waals surface area contributed by atoms with E-state index in [-0.39, 0.29) is 11.7 Å². The molecule has 0 saturated heterocycles. The summed E-state index contributed by atoms with van der Waals surface area (Å²) in [5.74, 6) is 0.422. The number of nitrogens with one attached hydrogen (secondary N) is 1. The van der Waals surface area contributed by atoms with E-state index in [4.69, 9.17) is 0 Å². The van der Waals surface area contributed by atoms with Crippen LogP contribution >= 0.6 is 0 Å². The highest BCUT2D eigenvalue weighted by molar-refractivity contribution is 6.01. The Morgan fingerprint density at radius 1 is 0.862 bits per heavy atom. The standard InChI is InChI=1S/C24H22N4O/c1-16-9-12-20(13-10-16)25-24(29)22-26-23(19-7-5-4-6-8-19)28(27-22)21-14-11-17(2)15-18(21)3/h4-15H,1-3H3,(H,25,29). The predicted octanol–water partition coefficient (Wildman–Crippen LogP) is 5.11. The lowest BCUT2D eigenvalue weighted by Gasteiger charge is -2.09. The molecule has 5 heteroatoms. The predicted molar refractivity (Wildman–Crippen MR) is 115 cm³/mol. The molecule has 3 aromatic carbocycles. The number of carbonyl (C=O) groups excluding carboxylic acids is 1. The smallest absolute Gasteiger partial charge is 0.295 e. The molecule has 0 fully saturated rings. The zero-order valence-electron chi connectivity index (χ0n) is 16.7. The van der Waals surface area contributed by atoms with Crippen LogP contribution < -0.4 is 5.32 Å². The van der Waals surface area contributed by atoms with Crippen LogP contribution in [-0.4, -0.2) is 20.7 Å². The van der Waals surface area contributed by atoms with Crippen molar-refractivity contribution in [1.82, 2.24) is 14.8 Å².